The van der Waals surface area contributed by atoms with Crippen LogP contribution in [0.4, 0.5) is 24.8 Å². The lowest BCUT2D eigenvalue weighted by Crippen LogP contribution is -2.31. The van der Waals surface area contributed by atoms with E-state index in [0.717, 1.165) is 18.6 Å². The van der Waals surface area contributed by atoms with E-state index in [-0.39, 0.29) is 5.82 Å². The summed E-state index contributed by atoms with van der Waals surface area (Å²) < 4.78 is 38.2. The molecule has 1 fully saturated rings. The summed E-state index contributed by atoms with van der Waals surface area (Å²) in [4.78, 5) is 7.92. The monoisotopic (exact) mass is 274 g/mol. The Bertz CT molecular complexity index is 459. The first kappa shape index (κ1) is 13.9. The minimum Gasteiger partial charge on any atom is -0.384 e. The Labute approximate surface area is 110 Å². The van der Waals surface area contributed by atoms with Crippen molar-refractivity contribution in [3.63, 3.8) is 0 Å². The highest BCUT2D eigenvalue weighted by molar-refractivity contribution is 5.50. The minimum atomic E-state index is -4.40. The van der Waals surface area contributed by atoms with Gasteiger partial charge in [0.25, 0.3) is 0 Å². The highest BCUT2D eigenvalue weighted by atomic mass is 19.4. The van der Waals surface area contributed by atoms with Gasteiger partial charge in [0.05, 0.1) is 5.56 Å². The number of aromatic nitrogens is 1. The fraction of sp³-hybridized carbons (Fsp3) is 0.583. The molecule has 0 aliphatic carbocycles. The van der Waals surface area contributed by atoms with Gasteiger partial charge in [0.2, 0.25) is 0 Å². The van der Waals surface area contributed by atoms with Crippen LogP contribution >= 0.6 is 0 Å². The van der Waals surface area contributed by atoms with Gasteiger partial charge < -0.3 is 15.5 Å². The van der Waals surface area contributed by atoms with Gasteiger partial charge in [-0.1, -0.05) is 0 Å². The van der Waals surface area contributed by atoms with Gasteiger partial charge in [-0.15, -0.1) is 0 Å². The molecular formula is C12H17F3N4. The van der Waals surface area contributed by atoms with E-state index in [1.54, 1.807) is 0 Å². The number of nitrogens with two attached hydrogens (primary N) is 1. The first-order chi connectivity index (χ1) is 8.77. The zero-order valence-corrected chi connectivity index (χ0v) is 10.9. The maximum Gasteiger partial charge on any atom is 0.416 e. The van der Waals surface area contributed by atoms with E-state index in [1.165, 1.54) is 0 Å². The van der Waals surface area contributed by atoms with E-state index >= 15 is 0 Å². The standard InChI is InChI=1S/C12H17F3N4/c1-18(2)9-3-4-19(7-9)11-6-8(12(13,14)15)5-10(16)17-11/h5-6,9H,3-4,7H2,1-2H3,(H2,16,17). The number of rotatable bonds is 2. The second kappa shape index (κ2) is 4.88. The fourth-order valence-electron chi connectivity index (χ4n) is 2.23. The van der Waals surface area contributed by atoms with Crippen LogP contribution in [0.1, 0.15) is 12.0 Å². The smallest absolute Gasteiger partial charge is 0.384 e. The van der Waals surface area contributed by atoms with Crippen LogP contribution in [-0.2, 0) is 6.18 Å². The number of nitrogens with zero attached hydrogens (tertiary/aromatic N) is 3. The van der Waals surface area contributed by atoms with Crippen LogP contribution < -0.4 is 10.6 Å². The van der Waals surface area contributed by atoms with Crippen molar-refractivity contribution in [3.05, 3.63) is 17.7 Å². The Hall–Kier alpha value is -1.50. The number of pyridine rings is 1. The van der Waals surface area contributed by atoms with Gasteiger partial charge in [-0.05, 0) is 32.6 Å². The summed E-state index contributed by atoms with van der Waals surface area (Å²) in [6.45, 7) is 1.36. The second-order valence-electron chi connectivity index (χ2n) is 4.99. The van der Waals surface area contributed by atoms with Crippen LogP contribution in [0, 0.1) is 0 Å². The molecule has 0 radical (unpaired) electrons. The Morgan fingerprint density at radius 2 is 2.05 bits per heavy atom. The van der Waals surface area contributed by atoms with Crippen molar-refractivity contribution in [1.29, 1.82) is 0 Å². The Morgan fingerprint density at radius 3 is 2.58 bits per heavy atom. The lowest BCUT2D eigenvalue weighted by atomic mass is 10.2. The van der Waals surface area contributed by atoms with Gasteiger partial charge in [0.15, 0.2) is 0 Å². The average Bonchev–Trinajstić information content (AvgIpc) is 2.76. The van der Waals surface area contributed by atoms with Crippen LogP contribution in [0.3, 0.4) is 0 Å². The largest absolute Gasteiger partial charge is 0.416 e. The summed E-state index contributed by atoms with van der Waals surface area (Å²) in [7, 11) is 3.92. The molecule has 106 valence electrons. The number of hydrogen-bond acceptors (Lipinski definition) is 4. The molecule has 0 spiro atoms. The molecule has 0 saturated carbocycles. The predicted octanol–water partition coefficient (Wildman–Crippen LogP) is 1.82. The average molecular weight is 274 g/mol. The van der Waals surface area contributed by atoms with Crippen molar-refractivity contribution >= 4 is 11.6 Å². The Morgan fingerprint density at radius 1 is 1.37 bits per heavy atom. The third-order valence-electron chi connectivity index (χ3n) is 3.38. The number of alkyl halides is 3. The van der Waals surface area contributed by atoms with Crippen molar-refractivity contribution in [2.24, 2.45) is 0 Å². The van der Waals surface area contributed by atoms with Crippen molar-refractivity contribution in [2.75, 3.05) is 37.8 Å². The molecule has 1 unspecified atom stereocenters. The summed E-state index contributed by atoms with van der Waals surface area (Å²) in [5, 5.41) is 0. The molecule has 2 heterocycles. The van der Waals surface area contributed by atoms with E-state index in [0.29, 0.717) is 24.9 Å². The number of likely N-dealkylation sites (N-methyl/N-ethyl adjacent to an activating group) is 1. The first-order valence-electron chi connectivity index (χ1n) is 6.03. The van der Waals surface area contributed by atoms with Crippen LogP contribution in [0.25, 0.3) is 0 Å². The highest BCUT2D eigenvalue weighted by Crippen LogP contribution is 2.33. The second-order valence-corrected chi connectivity index (χ2v) is 4.99. The van der Waals surface area contributed by atoms with Crippen LogP contribution in [0.2, 0.25) is 0 Å². The van der Waals surface area contributed by atoms with E-state index in [4.69, 9.17) is 5.73 Å². The normalized spacial score (nSPS) is 20.3. The van der Waals surface area contributed by atoms with Crippen LogP contribution in [0.5, 0.6) is 0 Å². The third kappa shape index (κ3) is 3.09. The molecule has 1 aliphatic heterocycles. The number of hydrogen-bond donors (Lipinski definition) is 1. The van der Waals surface area contributed by atoms with Gasteiger partial charge >= 0.3 is 6.18 Å². The topological polar surface area (TPSA) is 45.4 Å². The molecule has 2 rings (SSSR count). The summed E-state index contributed by atoms with van der Waals surface area (Å²) in [6.07, 6.45) is -3.49. The molecule has 1 aliphatic rings. The predicted molar refractivity (Wildman–Crippen MR) is 68.0 cm³/mol. The van der Waals surface area contributed by atoms with E-state index in [2.05, 4.69) is 9.88 Å². The lowest BCUT2D eigenvalue weighted by molar-refractivity contribution is -0.137. The van der Waals surface area contributed by atoms with Gasteiger partial charge in [0, 0.05) is 19.1 Å². The lowest BCUT2D eigenvalue weighted by Gasteiger charge is -2.22. The maximum absolute atomic E-state index is 12.7. The van der Waals surface area contributed by atoms with Crippen LogP contribution in [-0.4, -0.2) is 43.1 Å². The minimum absolute atomic E-state index is 0.0990. The van der Waals surface area contributed by atoms with Crippen molar-refractivity contribution in [1.82, 2.24) is 9.88 Å². The Kier molecular flexibility index (Phi) is 3.58. The highest BCUT2D eigenvalue weighted by Gasteiger charge is 2.33. The van der Waals surface area contributed by atoms with Gasteiger partial charge in [0.1, 0.15) is 11.6 Å². The summed E-state index contributed by atoms with van der Waals surface area (Å²) in [5.74, 6) is 0.204. The zero-order valence-electron chi connectivity index (χ0n) is 10.9. The fourth-order valence-corrected chi connectivity index (χ4v) is 2.23. The zero-order chi connectivity index (χ0) is 14.2. The van der Waals surface area contributed by atoms with E-state index in [1.807, 2.05) is 19.0 Å². The first-order valence-corrected chi connectivity index (χ1v) is 6.03. The molecule has 0 aromatic carbocycles. The summed E-state index contributed by atoms with van der Waals surface area (Å²) in [5.41, 5.74) is 4.72. The molecule has 4 nitrogen and oxygen atoms in total. The van der Waals surface area contributed by atoms with Gasteiger partial charge in [-0.3, -0.25) is 0 Å². The van der Waals surface area contributed by atoms with E-state index < -0.39 is 11.7 Å². The third-order valence-corrected chi connectivity index (χ3v) is 3.38. The molecule has 1 aromatic rings. The summed E-state index contributed by atoms with van der Waals surface area (Å²) >= 11 is 0. The Balaban J connectivity index is 2.24. The van der Waals surface area contributed by atoms with Gasteiger partial charge in [-0.25, -0.2) is 4.98 Å². The molecule has 2 N–H and O–H groups in total. The van der Waals surface area contributed by atoms with Crippen molar-refractivity contribution < 1.29 is 13.2 Å². The number of anilines is 2. The number of halogens is 3. The summed E-state index contributed by atoms with van der Waals surface area (Å²) in [6, 6.07) is 2.26. The molecule has 7 heteroatoms. The quantitative estimate of drug-likeness (QED) is 0.893. The molecular weight excluding hydrogens is 257 g/mol. The van der Waals surface area contributed by atoms with Crippen molar-refractivity contribution in [3.8, 4) is 0 Å². The number of nitrogen functional groups attached to an aromatic ring is 1. The molecule has 0 amide bonds. The molecule has 1 atom stereocenters. The molecule has 1 aromatic heterocycles. The molecule has 0 bridgehead atoms. The van der Waals surface area contributed by atoms with Crippen LogP contribution in [0.15, 0.2) is 12.1 Å². The van der Waals surface area contributed by atoms with Gasteiger partial charge in [-0.2, -0.15) is 13.2 Å². The SMILES string of the molecule is CN(C)C1CCN(c2cc(C(F)(F)F)cc(N)n2)C1. The maximum atomic E-state index is 12.7. The molecule has 1 saturated heterocycles. The van der Waals surface area contributed by atoms with E-state index in [9.17, 15) is 13.2 Å². The molecule has 19 heavy (non-hydrogen) atoms. The van der Waals surface area contributed by atoms with Crippen molar-refractivity contribution in [2.45, 2.75) is 18.6 Å².